The first kappa shape index (κ1) is 35.6. The smallest absolute Gasteiger partial charge is 0.143 e. The van der Waals surface area contributed by atoms with Gasteiger partial charge in [0, 0.05) is 71.0 Å². The summed E-state index contributed by atoms with van der Waals surface area (Å²) in [5, 5.41) is 6.58. The maximum atomic E-state index is 6.23. The number of ether oxygens (including phenoxy) is 2. The number of hydrogen-bond acceptors (Lipinski definition) is 5. The standard InChI is InChI=1S/C19H30BrN3OSi.C13H18BrClN2OSi/c1-25(2,3)12-11-24-14-23-10-9-16-18(17(20)13-21-19(16)23)22-15-7-5-4-6-8-15;1-19(2,3)7-6-18-9-17-5-4-10-12(15)11(14)8-16-13(10)17/h9-10,13,15H,4-8,11-12,14H2,1-3H3,(H,21,22);4-5,8H,6-7,9H2,1-3H3. The molecule has 0 aromatic carbocycles. The first-order valence-corrected chi connectivity index (χ1v) is 25.0. The quantitative estimate of drug-likeness (QED) is 0.114. The largest absolute Gasteiger partial charge is 0.381 e. The van der Waals surface area contributed by atoms with Gasteiger partial charge in [-0.25, -0.2) is 9.97 Å². The molecular weight excluding hydrogens is 738 g/mol. The number of anilines is 1. The minimum Gasteiger partial charge on any atom is -0.381 e. The third kappa shape index (κ3) is 10.4. The van der Waals surface area contributed by atoms with Crippen molar-refractivity contribution in [2.24, 2.45) is 0 Å². The van der Waals surface area contributed by atoms with E-state index in [1.54, 1.807) is 6.20 Å². The molecule has 242 valence electrons. The van der Waals surface area contributed by atoms with Crippen LogP contribution >= 0.6 is 43.5 Å². The van der Waals surface area contributed by atoms with E-state index < -0.39 is 16.1 Å². The van der Waals surface area contributed by atoms with Crippen molar-refractivity contribution in [1.82, 2.24) is 19.1 Å². The van der Waals surface area contributed by atoms with Gasteiger partial charge in [-0.05, 0) is 68.9 Å². The van der Waals surface area contributed by atoms with Gasteiger partial charge in [-0.15, -0.1) is 0 Å². The fraction of sp³-hybridized carbons (Fsp3) is 0.562. The molecule has 7 nitrogen and oxygen atoms in total. The van der Waals surface area contributed by atoms with Gasteiger partial charge >= 0.3 is 0 Å². The number of hydrogen-bond donors (Lipinski definition) is 1. The minimum atomic E-state index is -1.04. The topological polar surface area (TPSA) is 66.1 Å². The zero-order valence-electron chi connectivity index (χ0n) is 27.1. The summed E-state index contributed by atoms with van der Waals surface area (Å²) in [4.78, 5) is 9.02. The van der Waals surface area contributed by atoms with E-state index in [1.165, 1.54) is 55.3 Å². The summed E-state index contributed by atoms with van der Waals surface area (Å²) in [6, 6.07) is 7.07. The summed E-state index contributed by atoms with van der Waals surface area (Å²) in [7, 11) is -2.07. The molecule has 1 N–H and O–H groups in total. The van der Waals surface area contributed by atoms with Crippen molar-refractivity contribution in [3.8, 4) is 0 Å². The number of aromatic nitrogens is 4. The van der Waals surface area contributed by atoms with Gasteiger partial charge in [0.2, 0.25) is 0 Å². The number of halogens is 3. The van der Waals surface area contributed by atoms with Crippen LogP contribution in [-0.4, -0.2) is 54.5 Å². The Morgan fingerprint density at radius 1 is 0.795 bits per heavy atom. The molecule has 4 heterocycles. The van der Waals surface area contributed by atoms with Crippen molar-refractivity contribution < 1.29 is 9.47 Å². The molecule has 0 atom stereocenters. The maximum Gasteiger partial charge on any atom is 0.143 e. The Hall–Kier alpha value is -1.22. The van der Waals surface area contributed by atoms with Crippen LogP contribution in [0.5, 0.6) is 0 Å². The van der Waals surface area contributed by atoms with Crippen LogP contribution in [0.1, 0.15) is 32.1 Å². The van der Waals surface area contributed by atoms with E-state index in [9.17, 15) is 0 Å². The second kappa shape index (κ2) is 16.1. The van der Waals surface area contributed by atoms with E-state index in [0.29, 0.717) is 24.5 Å². The average Bonchev–Trinajstić information content (AvgIpc) is 3.57. The maximum absolute atomic E-state index is 6.23. The highest BCUT2D eigenvalue weighted by Gasteiger charge is 2.18. The monoisotopic (exact) mass is 783 g/mol. The number of pyridine rings is 2. The van der Waals surface area contributed by atoms with Crippen LogP contribution in [0.2, 0.25) is 56.4 Å². The lowest BCUT2D eigenvalue weighted by Gasteiger charge is -2.24. The molecular formula is C32H48Br2ClN5O2Si2. The molecule has 0 radical (unpaired) electrons. The fourth-order valence-electron chi connectivity index (χ4n) is 5.09. The van der Waals surface area contributed by atoms with Crippen molar-refractivity contribution in [2.45, 2.75) is 103 Å². The summed E-state index contributed by atoms with van der Waals surface area (Å²) in [5.41, 5.74) is 3.04. The molecule has 44 heavy (non-hydrogen) atoms. The lowest BCUT2D eigenvalue weighted by atomic mass is 9.95. The Kier molecular flexibility index (Phi) is 13.0. The van der Waals surface area contributed by atoms with Crippen molar-refractivity contribution in [3.63, 3.8) is 0 Å². The molecule has 0 saturated heterocycles. The Morgan fingerprint density at radius 3 is 1.84 bits per heavy atom. The minimum absolute atomic E-state index is 0.527. The van der Waals surface area contributed by atoms with Crippen LogP contribution in [0.3, 0.4) is 0 Å². The Morgan fingerprint density at radius 2 is 1.30 bits per heavy atom. The molecule has 0 unspecified atom stereocenters. The van der Waals surface area contributed by atoms with Crippen LogP contribution in [0.15, 0.2) is 45.9 Å². The van der Waals surface area contributed by atoms with Gasteiger partial charge < -0.3 is 23.9 Å². The van der Waals surface area contributed by atoms with Gasteiger partial charge in [-0.3, -0.25) is 0 Å². The number of fused-ring (bicyclic) bond motifs is 2. The van der Waals surface area contributed by atoms with Gasteiger partial charge in [0.25, 0.3) is 0 Å². The predicted octanol–water partition coefficient (Wildman–Crippen LogP) is 10.6. The van der Waals surface area contributed by atoms with Crippen LogP contribution in [-0.2, 0) is 22.9 Å². The molecule has 0 amide bonds. The third-order valence-corrected chi connectivity index (χ3v) is 13.1. The molecule has 1 aliphatic carbocycles. The Balaban J connectivity index is 0.000000209. The second-order valence-corrected chi connectivity index (χ2v) is 27.5. The lowest BCUT2D eigenvalue weighted by molar-refractivity contribution is 0.0898. The van der Waals surface area contributed by atoms with E-state index in [0.717, 1.165) is 38.8 Å². The van der Waals surface area contributed by atoms with E-state index in [4.69, 9.17) is 21.1 Å². The van der Waals surface area contributed by atoms with E-state index in [1.807, 2.05) is 23.0 Å². The Labute approximate surface area is 286 Å². The van der Waals surface area contributed by atoms with Crippen LogP contribution in [0.4, 0.5) is 5.69 Å². The van der Waals surface area contributed by atoms with Crippen molar-refractivity contribution in [1.29, 1.82) is 0 Å². The highest BCUT2D eigenvalue weighted by atomic mass is 79.9. The van der Waals surface area contributed by atoms with Gasteiger partial charge in [0.15, 0.2) is 0 Å². The Bertz CT molecular complexity index is 1510. The summed E-state index contributed by atoms with van der Waals surface area (Å²) in [6.07, 6.45) is 14.2. The molecule has 1 aliphatic rings. The van der Waals surface area contributed by atoms with Crippen molar-refractivity contribution in [3.05, 3.63) is 50.9 Å². The SMILES string of the molecule is C[Si](C)(C)CCOCn1ccc2c(Cl)c(Br)cnc21.C[Si](C)(C)CCOCn1ccc2c(NC3CCCCC3)c(Br)cnc21. The molecule has 0 bridgehead atoms. The molecule has 1 saturated carbocycles. The second-order valence-electron chi connectivity index (χ2n) is 14.1. The molecule has 0 aliphatic heterocycles. The molecule has 4 aromatic rings. The highest BCUT2D eigenvalue weighted by Crippen LogP contribution is 2.33. The van der Waals surface area contributed by atoms with Gasteiger partial charge in [-0.1, -0.05) is 70.1 Å². The van der Waals surface area contributed by atoms with E-state index in [2.05, 4.69) is 103 Å². The summed E-state index contributed by atoms with van der Waals surface area (Å²) < 4.78 is 17.6. The van der Waals surface area contributed by atoms with E-state index >= 15 is 0 Å². The molecule has 4 aromatic heterocycles. The molecule has 0 spiro atoms. The van der Waals surface area contributed by atoms with Crippen LogP contribution in [0.25, 0.3) is 22.1 Å². The molecule has 5 rings (SSSR count). The molecule has 12 heteroatoms. The third-order valence-electron chi connectivity index (χ3n) is 7.83. The fourth-order valence-corrected chi connectivity index (χ4v) is 7.54. The number of nitrogens with zero attached hydrogens (tertiary/aromatic N) is 4. The van der Waals surface area contributed by atoms with E-state index in [-0.39, 0.29) is 0 Å². The zero-order valence-corrected chi connectivity index (χ0v) is 33.0. The van der Waals surface area contributed by atoms with Gasteiger partial charge in [0.05, 0.1) is 19.7 Å². The van der Waals surface area contributed by atoms with Crippen molar-refractivity contribution in [2.75, 3.05) is 18.5 Å². The predicted molar refractivity (Wildman–Crippen MR) is 199 cm³/mol. The van der Waals surface area contributed by atoms with Gasteiger partial charge in [0.1, 0.15) is 24.8 Å². The molecule has 1 fully saturated rings. The number of rotatable bonds is 12. The average molecular weight is 786 g/mol. The summed E-state index contributed by atoms with van der Waals surface area (Å²) in [5.74, 6) is 0. The zero-order chi connectivity index (χ0) is 31.9. The van der Waals surface area contributed by atoms with Crippen LogP contribution in [0, 0.1) is 0 Å². The summed E-state index contributed by atoms with van der Waals surface area (Å²) >= 11 is 13.3. The summed E-state index contributed by atoms with van der Waals surface area (Å²) in [6.45, 7) is 16.9. The van der Waals surface area contributed by atoms with Crippen molar-refractivity contribution >= 4 is 87.4 Å². The first-order chi connectivity index (χ1) is 20.8. The van der Waals surface area contributed by atoms with Gasteiger partial charge in [-0.2, -0.15) is 0 Å². The highest BCUT2D eigenvalue weighted by molar-refractivity contribution is 9.11. The lowest BCUT2D eigenvalue weighted by Crippen LogP contribution is -2.22. The number of nitrogens with one attached hydrogen (secondary N) is 1. The van der Waals surface area contributed by atoms with Crippen LogP contribution < -0.4 is 5.32 Å². The normalized spacial score (nSPS) is 14.7. The first-order valence-electron chi connectivity index (χ1n) is 15.7.